The second-order valence-electron chi connectivity index (χ2n) is 9.39. The van der Waals surface area contributed by atoms with Crippen LogP contribution in [0.5, 0.6) is 0 Å². The number of H-pyrrole nitrogens is 1. The Bertz CT molecular complexity index is 1350. The van der Waals surface area contributed by atoms with Crippen LogP contribution in [-0.2, 0) is 20.8 Å². The molecule has 0 radical (unpaired) electrons. The minimum absolute atomic E-state index is 0.0957. The van der Waals surface area contributed by atoms with Gasteiger partial charge >= 0.3 is 5.97 Å². The van der Waals surface area contributed by atoms with Gasteiger partial charge in [-0.25, -0.2) is 9.97 Å². The van der Waals surface area contributed by atoms with Crippen molar-refractivity contribution in [3.05, 3.63) is 35.3 Å². The van der Waals surface area contributed by atoms with Crippen LogP contribution in [0.4, 0.5) is 5.82 Å². The third kappa shape index (κ3) is 6.08. The first kappa shape index (κ1) is 25.6. The van der Waals surface area contributed by atoms with E-state index in [0.29, 0.717) is 26.2 Å². The zero-order chi connectivity index (χ0) is 25.6. The van der Waals surface area contributed by atoms with Crippen molar-refractivity contribution in [3.63, 3.8) is 0 Å². The lowest BCUT2D eigenvalue weighted by atomic mass is 10.1. The molecule has 5 rings (SSSR count). The van der Waals surface area contributed by atoms with Crippen LogP contribution in [0.1, 0.15) is 37.5 Å². The fraction of sp³-hybridized carbons (Fsp3) is 0.481. The molecule has 10 heteroatoms. The van der Waals surface area contributed by atoms with Gasteiger partial charge < -0.3 is 19.3 Å². The van der Waals surface area contributed by atoms with Gasteiger partial charge in [-0.3, -0.25) is 9.89 Å². The van der Waals surface area contributed by atoms with Gasteiger partial charge in [0.25, 0.3) is 0 Å². The van der Waals surface area contributed by atoms with Gasteiger partial charge in [-0.05, 0) is 45.5 Å². The van der Waals surface area contributed by atoms with E-state index in [9.17, 15) is 4.79 Å². The highest BCUT2D eigenvalue weighted by molar-refractivity contribution is 7.19. The monoisotopic (exact) mass is 522 g/mol. The number of benzene rings is 1. The van der Waals surface area contributed by atoms with Crippen molar-refractivity contribution < 1.29 is 14.3 Å². The molecular formula is C27H34N6O3S. The van der Waals surface area contributed by atoms with Crippen molar-refractivity contribution in [3.8, 4) is 11.4 Å². The summed E-state index contributed by atoms with van der Waals surface area (Å²) in [5.74, 6) is 1.61. The zero-order valence-electron chi connectivity index (χ0n) is 21.5. The Morgan fingerprint density at radius 2 is 2.08 bits per heavy atom. The lowest BCUT2D eigenvalue weighted by Crippen LogP contribution is -2.36. The normalized spacial score (nSPS) is 14.2. The Morgan fingerprint density at radius 1 is 1.22 bits per heavy atom. The summed E-state index contributed by atoms with van der Waals surface area (Å²) in [5, 5.41) is 8.29. The molecule has 4 aromatic rings. The third-order valence-electron chi connectivity index (χ3n) is 6.59. The summed E-state index contributed by atoms with van der Waals surface area (Å²) >= 11 is 1.78. The summed E-state index contributed by atoms with van der Waals surface area (Å²) in [7, 11) is 2.15. The van der Waals surface area contributed by atoms with Gasteiger partial charge in [0.05, 0.1) is 41.8 Å². The smallest absolute Gasteiger partial charge is 0.305 e. The number of esters is 1. The number of ether oxygens (including phenoxy) is 2. The highest BCUT2D eigenvalue weighted by Gasteiger charge is 2.21. The summed E-state index contributed by atoms with van der Waals surface area (Å²) < 4.78 is 11.7. The summed E-state index contributed by atoms with van der Waals surface area (Å²) in [6, 6.07) is 8.30. The van der Waals surface area contributed by atoms with Crippen molar-refractivity contribution >= 4 is 44.2 Å². The molecule has 1 saturated heterocycles. The molecule has 0 saturated carbocycles. The van der Waals surface area contributed by atoms with Crippen LogP contribution in [0.2, 0.25) is 0 Å². The Labute approximate surface area is 220 Å². The third-order valence-corrected chi connectivity index (χ3v) is 7.70. The van der Waals surface area contributed by atoms with E-state index in [1.54, 1.807) is 11.3 Å². The van der Waals surface area contributed by atoms with Crippen LogP contribution in [0, 0.1) is 0 Å². The maximum Gasteiger partial charge on any atom is 0.305 e. The van der Waals surface area contributed by atoms with E-state index < -0.39 is 0 Å². The van der Waals surface area contributed by atoms with Crippen molar-refractivity contribution in [1.29, 1.82) is 0 Å². The first-order valence-electron chi connectivity index (χ1n) is 13.0. The van der Waals surface area contributed by atoms with E-state index in [1.807, 2.05) is 25.3 Å². The van der Waals surface area contributed by atoms with E-state index in [2.05, 4.69) is 39.2 Å². The molecule has 4 heterocycles. The molecule has 0 amide bonds. The number of hydrogen-bond acceptors (Lipinski definition) is 9. The van der Waals surface area contributed by atoms with Crippen LogP contribution in [0.25, 0.3) is 32.5 Å². The van der Waals surface area contributed by atoms with Gasteiger partial charge in [0.2, 0.25) is 0 Å². The number of unbranched alkanes of at least 4 members (excludes halogenated alkanes) is 2. The molecule has 0 aliphatic carbocycles. The fourth-order valence-electron chi connectivity index (χ4n) is 4.72. The van der Waals surface area contributed by atoms with E-state index in [1.165, 1.54) is 4.88 Å². The van der Waals surface area contributed by atoms with Gasteiger partial charge in [-0.1, -0.05) is 18.6 Å². The minimum Gasteiger partial charge on any atom is -0.466 e. The number of anilines is 1. The van der Waals surface area contributed by atoms with Crippen LogP contribution in [-0.4, -0.2) is 77.5 Å². The second kappa shape index (κ2) is 12.0. The molecule has 1 aliphatic heterocycles. The van der Waals surface area contributed by atoms with Crippen LogP contribution < -0.4 is 4.90 Å². The van der Waals surface area contributed by atoms with Gasteiger partial charge in [-0.2, -0.15) is 5.10 Å². The van der Waals surface area contributed by atoms with Gasteiger partial charge in [0.1, 0.15) is 0 Å². The molecular weight excluding hydrogens is 488 g/mol. The molecule has 0 bridgehead atoms. The molecule has 196 valence electrons. The molecule has 0 atom stereocenters. The molecule has 1 aliphatic rings. The number of aromatic amines is 1. The number of nitrogens with one attached hydrogen (secondary N) is 1. The van der Waals surface area contributed by atoms with Gasteiger partial charge in [0.15, 0.2) is 11.6 Å². The number of hydrogen-bond donors (Lipinski definition) is 1. The molecule has 0 spiro atoms. The number of nitrogens with zero attached hydrogens (tertiary/aromatic N) is 5. The van der Waals surface area contributed by atoms with E-state index >= 15 is 0 Å². The second-order valence-corrected chi connectivity index (χ2v) is 10.5. The van der Waals surface area contributed by atoms with Gasteiger partial charge in [-0.15, -0.1) is 11.3 Å². The highest BCUT2D eigenvalue weighted by atomic mass is 32.1. The number of rotatable bonds is 11. The molecule has 37 heavy (non-hydrogen) atoms. The van der Waals surface area contributed by atoms with Crippen LogP contribution in [0.3, 0.4) is 0 Å². The van der Waals surface area contributed by atoms with Crippen molar-refractivity contribution in [2.45, 2.75) is 39.2 Å². The van der Waals surface area contributed by atoms with Crippen molar-refractivity contribution in [1.82, 2.24) is 25.1 Å². The topological polar surface area (TPSA) is 96.5 Å². The standard InChI is InChI=1S/C27H34N6O3S/c1-3-36-24(34)10-5-4-6-11-32(2)18-19-16-23-25(37-19)27(33-12-14-35-15-13-33)30-26(29-23)20-8-7-9-22-21(20)17-28-31-22/h7-9,16-17H,3-6,10-15,18H2,1-2H3,(H,28,31). The predicted molar refractivity (Wildman–Crippen MR) is 147 cm³/mol. The SMILES string of the molecule is CCOC(=O)CCCCCN(C)Cc1cc2nc(-c3cccc4[nH]ncc34)nc(N3CCOCC3)c2s1. The number of thiophene rings is 1. The minimum atomic E-state index is -0.0957. The largest absolute Gasteiger partial charge is 0.466 e. The maximum absolute atomic E-state index is 11.5. The first-order chi connectivity index (χ1) is 18.1. The fourth-order valence-corrected chi connectivity index (χ4v) is 5.91. The van der Waals surface area contributed by atoms with Crippen molar-refractivity contribution in [2.75, 3.05) is 51.4 Å². The molecule has 1 aromatic carbocycles. The molecule has 9 nitrogen and oxygen atoms in total. The van der Waals surface area contributed by atoms with Crippen LogP contribution in [0.15, 0.2) is 30.5 Å². The number of carbonyl (C=O) groups excluding carboxylic acids is 1. The number of fused-ring (bicyclic) bond motifs is 2. The quantitative estimate of drug-likeness (QED) is 0.225. The lowest BCUT2D eigenvalue weighted by Gasteiger charge is -2.28. The number of morpholine rings is 1. The summed E-state index contributed by atoms with van der Waals surface area (Å²) in [4.78, 5) is 27.5. The lowest BCUT2D eigenvalue weighted by molar-refractivity contribution is -0.143. The van der Waals surface area contributed by atoms with E-state index in [4.69, 9.17) is 19.4 Å². The summed E-state index contributed by atoms with van der Waals surface area (Å²) in [6.45, 7) is 7.18. The molecule has 1 fully saturated rings. The average molecular weight is 523 g/mol. The summed E-state index contributed by atoms with van der Waals surface area (Å²) in [6.07, 6.45) is 5.29. The Balaban J connectivity index is 1.34. The van der Waals surface area contributed by atoms with Gasteiger partial charge in [0, 0.05) is 41.9 Å². The Kier molecular flexibility index (Phi) is 8.28. The molecule has 1 N–H and O–H groups in total. The number of carbonyl (C=O) groups is 1. The predicted octanol–water partition coefficient (Wildman–Crippen LogP) is 4.63. The molecule has 3 aromatic heterocycles. The van der Waals surface area contributed by atoms with Crippen LogP contribution >= 0.6 is 11.3 Å². The zero-order valence-corrected chi connectivity index (χ0v) is 22.4. The molecule has 0 unspecified atom stereocenters. The van der Waals surface area contributed by atoms with E-state index in [0.717, 1.165) is 83.8 Å². The maximum atomic E-state index is 11.5. The van der Waals surface area contributed by atoms with E-state index in [-0.39, 0.29) is 5.97 Å². The number of aromatic nitrogens is 4. The highest BCUT2D eigenvalue weighted by Crippen LogP contribution is 2.36. The summed E-state index contributed by atoms with van der Waals surface area (Å²) in [5.41, 5.74) is 2.94. The average Bonchev–Trinajstić information content (AvgIpc) is 3.55. The Morgan fingerprint density at radius 3 is 2.92 bits per heavy atom. The van der Waals surface area contributed by atoms with Crippen molar-refractivity contribution in [2.24, 2.45) is 0 Å². The first-order valence-corrected chi connectivity index (χ1v) is 13.8. The Hall–Kier alpha value is -3.08.